The minimum absolute atomic E-state index is 0.0934. The Kier molecular flexibility index (Phi) is 4.78. The molecule has 2 aromatic carbocycles. The molecule has 5 nitrogen and oxygen atoms in total. The van der Waals surface area contributed by atoms with Gasteiger partial charge in [0.2, 0.25) is 0 Å². The molecular formula is C14H8BrClN2O3. The van der Waals surface area contributed by atoms with Gasteiger partial charge in [0.15, 0.2) is 0 Å². The van der Waals surface area contributed by atoms with Gasteiger partial charge in [-0.1, -0.05) is 6.07 Å². The van der Waals surface area contributed by atoms with E-state index in [9.17, 15) is 10.1 Å². The number of rotatable bonds is 4. The molecule has 0 saturated carbocycles. The molecular weight excluding hydrogens is 360 g/mol. The zero-order valence-corrected chi connectivity index (χ0v) is 12.9. The Balaban J connectivity index is 2.40. The van der Waals surface area contributed by atoms with E-state index < -0.39 is 4.92 Å². The van der Waals surface area contributed by atoms with Crippen molar-refractivity contribution in [2.45, 2.75) is 5.88 Å². The van der Waals surface area contributed by atoms with Crippen LogP contribution in [0.1, 0.15) is 11.1 Å². The van der Waals surface area contributed by atoms with Gasteiger partial charge in [-0.2, -0.15) is 5.26 Å². The normalized spacial score (nSPS) is 9.95. The first kappa shape index (κ1) is 15.3. The molecule has 0 aromatic heterocycles. The Hall–Kier alpha value is -2.10. The van der Waals surface area contributed by atoms with E-state index in [2.05, 4.69) is 15.9 Å². The minimum Gasteiger partial charge on any atom is -0.455 e. The second-order valence-corrected chi connectivity index (χ2v) is 5.17. The maximum absolute atomic E-state index is 10.8. The van der Waals surface area contributed by atoms with Gasteiger partial charge in [-0.25, -0.2) is 0 Å². The van der Waals surface area contributed by atoms with Crippen LogP contribution in [0.3, 0.4) is 0 Å². The Morgan fingerprint density at radius 2 is 2.05 bits per heavy atom. The van der Waals surface area contributed by atoms with Gasteiger partial charge in [-0.05, 0) is 39.7 Å². The molecule has 0 atom stereocenters. The van der Waals surface area contributed by atoms with E-state index in [0.29, 0.717) is 15.8 Å². The van der Waals surface area contributed by atoms with Crippen LogP contribution in [0.2, 0.25) is 0 Å². The summed E-state index contributed by atoms with van der Waals surface area (Å²) in [5.74, 6) is 0.863. The highest BCUT2D eigenvalue weighted by atomic mass is 79.9. The number of non-ortho nitro benzene ring substituents is 1. The Morgan fingerprint density at radius 3 is 2.67 bits per heavy atom. The van der Waals surface area contributed by atoms with Crippen LogP contribution in [0.4, 0.5) is 5.69 Å². The van der Waals surface area contributed by atoms with Crippen LogP contribution in [0.25, 0.3) is 0 Å². The van der Waals surface area contributed by atoms with Gasteiger partial charge in [0.05, 0.1) is 21.0 Å². The maximum atomic E-state index is 10.8. The summed E-state index contributed by atoms with van der Waals surface area (Å²) in [7, 11) is 0. The Morgan fingerprint density at radius 1 is 1.29 bits per heavy atom. The third-order valence-electron chi connectivity index (χ3n) is 2.66. The van der Waals surface area contributed by atoms with E-state index in [1.165, 1.54) is 18.2 Å². The summed E-state index contributed by atoms with van der Waals surface area (Å²) >= 11 is 8.98. The molecule has 0 amide bonds. The molecule has 0 N–H and O–H groups in total. The highest BCUT2D eigenvalue weighted by Gasteiger charge is 2.13. The smallest absolute Gasteiger partial charge is 0.273 e. The number of nitriles is 1. The second kappa shape index (κ2) is 6.57. The number of nitrogens with zero attached hydrogens (tertiary/aromatic N) is 2. The first-order chi connectivity index (χ1) is 10.0. The van der Waals surface area contributed by atoms with Gasteiger partial charge in [-0.15, -0.1) is 11.6 Å². The summed E-state index contributed by atoms with van der Waals surface area (Å²) in [6, 6.07) is 11.1. The first-order valence-electron chi connectivity index (χ1n) is 5.76. The van der Waals surface area contributed by atoms with Crippen LogP contribution in [-0.2, 0) is 5.88 Å². The largest absolute Gasteiger partial charge is 0.455 e. The SMILES string of the molecule is N#Cc1cc(CCl)ccc1Oc1cc([N+](=O)[O-])ccc1Br. The van der Waals surface area contributed by atoms with Crippen molar-refractivity contribution in [2.24, 2.45) is 0 Å². The van der Waals surface area contributed by atoms with E-state index in [1.54, 1.807) is 18.2 Å². The molecule has 2 aromatic rings. The molecule has 0 aliphatic rings. The van der Waals surface area contributed by atoms with Crippen molar-refractivity contribution in [2.75, 3.05) is 0 Å². The lowest BCUT2D eigenvalue weighted by Gasteiger charge is -2.09. The van der Waals surface area contributed by atoms with Gasteiger partial charge >= 0.3 is 0 Å². The van der Waals surface area contributed by atoms with E-state index in [-0.39, 0.29) is 17.3 Å². The van der Waals surface area contributed by atoms with Crippen LogP contribution >= 0.6 is 27.5 Å². The fourth-order valence-corrected chi connectivity index (χ4v) is 2.13. The Labute approximate surface area is 134 Å². The average molecular weight is 368 g/mol. The number of benzene rings is 2. The molecule has 0 fully saturated rings. The molecule has 21 heavy (non-hydrogen) atoms. The minimum atomic E-state index is -0.513. The van der Waals surface area contributed by atoms with E-state index in [0.717, 1.165) is 5.56 Å². The third kappa shape index (κ3) is 3.51. The monoisotopic (exact) mass is 366 g/mol. The molecule has 106 valence electrons. The molecule has 0 heterocycles. The van der Waals surface area contributed by atoms with Crippen molar-refractivity contribution in [3.63, 3.8) is 0 Å². The van der Waals surface area contributed by atoms with Crippen molar-refractivity contribution in [1.82, 2.24) is 0 Å². The number of alkyl halides is 1. The summed E-state index contributed by atoms with van der Waals surface area (Å²) < 4.78 is 6.16. The predicted octanol–water partition coefficient (Wildman–Crippen LogP) is 4.76. The molecule has 0 unspecified atom stereocenters. The summed E-state index contributed by atoms with van der Waals surface area (Å²) in [5, 5.41) is 19.9. The Bertz CT molecular complexity index is 743. The lowest BCUT2D eigenvalue weighted by Crippen LogP contribution is -1.93. The number of hydrogen-bond acceptors (Lipinski definition) is 4. The topological polar surface area (TPSA) is 76.2 Å². The number of halogens is 2. The molecule has 0 radical (unpaired) electrons. The van der Waals surface area contributed by atoms with Crippen molar-refractivity contribution in [3.8, 4) is 17.6 Å². The summed E-state index contributed by atoms with van der Waals surface area (Å²) in [4.78, 5) is 10.3. The summed E-state index contributed by atoms with van der Waals surface area (Å²) in [6.07, 6.45) is 0. The summed E-state index contributed by atoms with van der Waals surface area (Å²) in [5.41, 5.74) is 1.01. The van der Waals surface area contributed by atoms with Crippen LogP contribution in [0.5, 0.6) is 11.5 Å². The maximum Gasteiger partial charge on any atom is 0.273 e. The second-order valence-electron chi connectivity index (χ2n) is 4.05. The summed E-state index contributed by atoms with van der Waals surface area (Å²) in [6.45, 7) is 0. The number of nitro groups is 1. The molecule has 0 aliphatic carbocycles. The molecule has 0 bridgehead atoms. The standard InChI is InChI=1S/C14H8BrClN2O3/c15-12-3-2-11(18(19)20)6-14(12)21-13-4-1-9(7-16)5-10(13)8-17/h1-6H,7H2. The zero-order chi connectivity index (χ0) is 15.4. The molecule has 0 aliphatic heterocycles. The number of hydrogen-bond donors (Lipinski definition) is 0. The van der Waals surface area contributed by atoms with Crippen LogP contribution in [-0.4, -0.2) is 4.92 Å². The zero-order valence-electron chi connectivity index (χ0n) is 10.5. The average Bonchev–Trinajstić information content (AvgIpc) is 2.49. The number of ether oxygens (including phenoxy) is 1. The molecule has 7 heteroatoms. The van der Waals surface area contributed by atoms with Gasteiger partial charge in [-0.3, -0.25) is 10.1 Å². The van der Waals surface area contributed by atoms with Gasteiger partial charge in [0.25, 0.3) is 5.69 Å². The lowest BCUT2D eigenvalue weighted by molar-refractivity contribution is -0.384. The van der Waals surface area contributed by atoms with Crippen molar-refractivity contribution in [1.29, 1.82) is 5.26 Å². The fraction of sp³-hybridized carbons (Fsp3) is 0.0714. The van der Waals surface area contributed by atoms with E-state index in [4.69, 9.17) is 21.6 Å². The highest BCUT2D eigenvalue weighted by molar-refractivity contribution is 9.10. The molecule has 0 saturated heterocycles. The van der Waals surface area contributed by atoms with Crippen LogP contribution in [0, 0.1) is 21.4 Å². The van der Waals surface area contributed by atoms with Crippen molar-refractivity contribution in [3.05, 3.63) is 62.1 Å². The first-order valence-corrected chi connectivity index (χ1v) is 7.08. The highest BCUT2D eigenvalue weighted by Crippen LogP contribution is 2.34. The third-order valence-corrected chi connectivity index (χ3v) is 3.63. The van der Waals surface area contributed by atoms with Crippen LogP contribution < -0.4 is 4.74 Å². The van der Waals surface area contributed by atoms with Crippen molar-refractivity contribution >= 4 is 33.2 Å². The number of nitro benzene ring substituents is 1. The van der Waals surface area contributed by atoms with Crippen LogP contribution in [0.15, 0.2) is 40.9 Å². The van der Waals surface area contributed by atoms with Gasteiger partial charge in [0.1, 0.15) is 17.6 Å². The van der Waals surface area contributed by atoms with E-state index in [1.807, 2.05) is 6.07 Å². The fourth-order valence-electron chi connectivity index (χ4n) is 1.64. The molecule has 2 rings (SSSR count). The lowest BCUT2D eigenvalue weighted by atomic mass is 10.1. The van der Waals surface area contributed by atoms with Crippen molar-refractivity contribution < 1.29 is 9.66 Å². The predicted molar refractivity (Wildman–Crippen MR) is 81.6 cm³/mol. The van der Waals surface area contributed by atoms with E-state index >= 15 is 0 Å². The van der Waals surface area contributed by atoms with Gasteiger partial charge < -0.3 is 4.74 Å². The van der Waals surface area contributed by atoms with Gasteiger partial charge in [0, 0.05) is 11.9 Å². The quantitative estimate of drug-likeness (QED) is 0.443. The molecule has 0 spiro atoms.